The minimum atomic E-state index is -5.03. The van der Waals surface area contributed by atoms with Gasteiger partial charge in [-0.15, -0.1) is 0 Å². The molecule has 12 heteroatoms. The van der Waals surface area contributed by atoms with Crippen molar-refractivity contribution in [2.75, 3.05) is 7.11 Å². The zero-order valence-corrected chi connectivity index (χ0v) is 7.76. The number of ether oxygens (including phenoxy) is 1. The third-order valence-electron chi connectivity index (χ3n) is 1.34. The molecule has 0 aromatic rings. The van der Waals surface area contributed by atoms with E-state index in [0.717, 1.165) is 7.11 Å². The Labute approximate surface area is 164 Å². The zero-order valence-electron chi connectivity index (χ0n) is 6.95. The molecule has 2 atom stereocenters. The Bertz CT molecular complexity index is 341. The molecule has 3 N–H and O–H groups in total. The van der Waals surface area contributed by atoms with Gasteiger partial charge in [0.15, 0.2) is 6.10 Å². The molecule has 0 spiro atoms. The summed E-state index contributed by atoms with van der Waals surface area (Å²) < 4.78 is 33.6. The topological polar surface area (TPSA) is 138 Å². The van der Waals surface area contributed by atoms with Crippen molar-refractivity contribution in [3.63, 3.8) is 0 Å². The number of carbonyl (C=O) groups is 2. The van der Waals surface area contributed by atoms with Gasteiger partial charge in [-0.25, -0.2) is 4.79 Å². The van der Waals surface area contributed by atoms with E-state index in [1.807, 2.05) is 0 Å². The molecule has 17 heavy (non-hydrogen) atoms. The molecule has 0 fully saturated rings. The maximum atomic E-state index is 10.5. The summed E-state index contributed by atoms with van der Waals surface area (Å²) in [5.41, 5.74) is 0. The summed E-state index contributed by atoms with van der Waals surface area (Å²) in [6, 6.07) is 0. The summed E-state index contributed by atoms with van der Waals surface area (Å²) in [7, 11) is -4.21. The molecule has 0 aliphatic heterocycles. The number of rotatable bonds is 5. The summed E-state index contributed by atoms with van der Waals surface area (Å²) in [6.45, 7) is 0. The molecule has 0 rings (SSSR count). The van der Waals surface area contributed by atoms with E-state index in [-0.39, 0.29) is 88.7 Å². The van der Waals surface area contributed by atoms with E-state index in [1.54, 1.807) is 0 Å². The summed E-state index contributed by atoms with van der Waals surface area (Å²) in [5, 5.41) is 14.2. The Hall–Kier alpha value is 1.81. The van der Waals surface area contributed by atoms with Gasteiger partial charge in [-0.1, -0.05) is 0 Å². The van der Waals surface area contributed by atoms with Crippen LogP contribution in [0.1, 0.15) is 0 Å². The first-order valence-corrected chi connectivity index (χ1v) is 4.66. The van der Waals surface area contributed by atoms with Crippen LogP contribution in [0.25, 0.3) is 0 Å². The summed E-state index contributed by atoms with van der Waals surface area (Å²) in [4.78, 5) is 20.7. The third-order valence-corrected chi connectivity index (χ3v) is 2.43. The van der Waals surface area contributed by atoms with Crippen LogP contribution in [0.15, 0.2) is 0 Å². The van der Waals surface area contributed by atoms with Crippen molar-refractivity contribution in [3.8, 4) is 0 Å². The van der Waals surface area contributed by atoms with Crippen LogP contribution >= 0.6 is 0 Å². The molecule has 0 saturated carbocycles. The monoisotopic (exact) mass is 300 g/mol. The standard InChI is InChI=1S/C5H8O8S.3Na.3H/c1-13-2(4(6)7)3(5(8)9)14(10,11)12;;;;;;/h2-3H,1H3,(H,6,7)(H,8,9)(H,10,11,12);;;;;;. The van der Waals surface area contributed by atoms with Crippen molar-refractivity contribution in [2.24, 2.45) is 0 Å². The molecule has 0 saturated heterocycles. The van der Waals surface area contributed by atoms with Crippen LogP contribution in [0.3, 0.4) is 0 Å². The van der Waals surface area contributed by atoms with Crippen molar-refractivity contribution in [3.05, 3.63) is 0 Å². The van der Waals surface area contributed by atoms with Gasteiger partial charge in [0.2, 0.25) is 5.25 Å². The van der Waals surface area contributed by atoms with E-state index in [1.165, 1.54) is 0 Å². The van der Waals surface area contributed by atoms with Crippen molar-refractivity contribution in [1.82, 2.24) is 0 Å². The quantitative estimate of drug-likeness (QED) is 0.351. The molecular formula is C5H11Na3O8S. The maximum absolute atomic E-state index is 10.5. The molecule has 0 aromatic carbocycles. The first-order valence-electron chi connectivity index (χ1n) is 3.16. The van der Waals surface area contributed by atoms with Crippen LogP contribution in [-0.4, -0.2) is 142 Å². The fourth-order valence-electron chi connectivity index (χ4n) is 0.767. The second kappa shape index (κ2) is 11.6. The first kappa shape index (κ1) is 27.2. The van der Waals surface area contributed by atoms with Crippen molar-refractivity contribution in [1.29, 1.82) is 0 Å². The average molecular weight is 300 g/mol. The molecule has 0 amide bonds. The van der Waals surface area contributed by atoms with E-state index in [0.29, 0.717) is 0 Å². The van der Waals surface area contributed by atoms with Gasteiger partial charge in [0.25, 0.3) is 10.1 Å². The number of methoxy groups -OCH3 is 1. The minimum absolute atomic E-state index is 0. The van der Waals surface area contributed by atoms with Crippen molar-refractivity contribution >= 4 is 111 Å². The van der Waals surface area contributed by atoms with Gasteiger partial charge in [0.1, 0.15) is 0 Å². The van der Waals surface area contributed by atoms with Gasteiger partial charge in [0.05, 0.1) is 0 Å². The van der Waals surface area contributed by atoms with E-state index < -0.39 is 33.4 Å². The Morgan fingerprint density at radius 2 is 1.41 bits per heavy atom. The molecule has 0 bridgehead atoms. The van der Waals surface area contributed by atoms with Gasteiger partial charge in [-0.05, 0) is 0 Å². The number of hydrogen-bond acceptors (Lipinski definition) is 5. The van der Waals surface area contributed by atoms with E-state index in [4.69, 9.17) is 14.8 Å². The Kier molecular flexibility index (Phi) is 18.6. The van der Waals surface area contributed by atoms with Gasteiger partial charge >= 0.3 is 101 Å². The molecule has 0 aromatic heterocycles. The third kappa shape index (κ3) is 9.36. The summed E-state index contributed by atoms with van der Waals surface area (Å²) in [5.74, 6) is -3.79. The van der Waals surface area contributed by atoms with Crippen LogP contribution in [0.2, 0.25) is 0 Å². The molecule has 0 aliphatic carbocycles. The number of carboxylic acid groups (broad SMARTS) is 2. The second-order valence-corrected chi connectivity index (χ2v) is 3.81. The predicted molar refractivity (Wildman–Crippen MR) is 62.9 cm³/mol. The molecule has 0 aliphatic rings. The van der Waals surface area contributed by atoms with Gasteiger partial charge in [-0.2, -0.15) is 8.42 Å². The first-order chi connectivity index (χ1) is 6.21. The molecule has 88 valence electrons. The van der Waals surface area contributed by atoms with Gasteiger partial charge < -0.3 is 14.9 Å². The fourth-order valence-corrected chi connectivity index (χ4v) is 1.56. The Balaban J connectivity index is -0.000000282. The van der Waals surface area contributed by atoms with Crippen LogP contribution in [0.4, 0.5) is 0 Å². The SMILES string of the molecule is COC(C(=O)O)C(C(=O)O)S(=O)(=O)O.[NaH].[NaH].[NaH]. The zero-order chi connectivity index (χ0) is 11.5. The molecule has 0 radical (unpaired) electrons. The molecule has 0 heterocycles. The van der Waals surface area contributed by atoms with Crippen LogP contribution < -0.4 is 0 Å². The Morgan fingerprint density at radius 3 is 1.47 bits per heavy atom. The van der Waals surface area contributed by atoms with Gasteiger partial charge in [-0.3, -0.25) is 9.35 Å². The van der Waals surface area contributed by atoms with Crippen molar-refractivity contribution in [2.45, 2.75) is 11.4 Å². The average Bonchev–Trinajstić information content (AvgIpc) is 1.95. The number of aliphatic carboxylic acids is 2. The predicted octanol–water partition coefficient (Wildman–Crippen LogP) is -3.52. The number of hydrogen-bond donors (Lipinski definition) is 3. The van der Waals surface area contributed by atoms with Gasteiger partial charge in [0, 0.05) is 7.11 Å². The Morgan fingerprint density at radius 1 is 1.06 bits per heavy atom. The van der Waals surface area contributed by atoms with E-state index in [9.17, 15) is 18.0 Å². The van der Waals surface area contributed by atoms with E-state index >= 15 is 0 Å². The van der Waals surface area contributed by atoms with Crippen molar-refractivity contribution < 1.29 is 37.5 Å². The molecule has 8 nitrogen and oxygen atoms in total. The normalized spacial score (nSPS) is 13.1. The molecular weight excluding hydrogens is 289 g/mol. The fraction of sp³-hybridized carbons (Fsp3) is 0.600. The number of carboxylic acids is 2. The van der Waals surface area contributed by atoms with Crippen LogP contribution in [0.5, 0.6) is 0 Å². The van der Waals surface area contributed by atoms with E-state index in [2.05, 4.69) is 4.74 Å². The second-order valence-electron chi connectivity index (χ2n) is 2.27. The summed E-state index contributed by atoms with van der Waals surface area (Å²) in [6.07, 6.45) is -2.15. The van der Waals surface area contributed by atoms with Crippen LogP contribution in [0, 0.1) is 0 Å². The molecule has 2 unspecified atom stereocenters. The van der Waals surface area contributed by atoms with Crippen LogP contribution in [-0.2, 0) is 24.4 Å². The summed E-state index contributed by atoms with van der Waals surface area (Å²) >= 11 is 0.